The van der Waals surface area contributed by atoms with Gasteiger partial charge in [0.2, 0.25) is 5.76 Å². The first-order valence-electron chi connectivity index (χ1n) is 8.42. The van der Waals surface area contributed by atoms with E-state index in [4.69, 9.17) is 13.9 Å². The molecule has 2 aliphatic heterocycles. The Bertz CT molecular complexity index is 748. The molecule has 0 spiro atoms. The molecular weight excluding hydrogens is 322 g/mol. The van der Waals surface area contributed by atoms with Crippen molar-refractivity contribution in [3.63, 3.8) is 0 Å². The van der Waals surface area contributed by atoms with Gasteiger partial charge >= 0.3 is 0 Å². The number of fused-ring (bicyclic) bond motifs is 1. The number of rotatable bonds is 5. The molecule has 7 nitrogen and oxygen atoms in total. The second-order valence-corrected chi connectivity index (χ2v) is 6.88. The predicted octanol–water partition coefficient (Wildman–Crippen LogP) is 1.68. The van der Waals surface area contributed by atoms with Crippen LogP contribution in [0.2, 0.25) is 0 Å². The van der Waals surface area contributed by atoms with E-state index in [1.165, 1.54) is 6.39 Å². The highest BCUT2D eigenvalue weighted by Gasteiger charge is 2.52. The van der Waals surface area contributed by atoms with Gasteiger partial charge in [0.25, 0.3) is 5.91 Å². The lowest BCUT2D eigenvalue weighted by atomic mass is 9.82. The summed E-state index contributed by atoms with van der Waals surface area (Å²) in [4.78, 5) is 22.6. The van der Waals surface area contributed by atoms with E-state index < -0.39 is 0 Å². The Morgan fingerprint density at radius 3 is 3.04 bits per heavy atom. The van der Waals surface area contributed by atoms with Crippen molar-refractivity contribution in [1.29, 1.82) is 0 Å². The molecule has 4 rings (SSSR count). The fourth-order valence-corrected chi connectivity index (χ4v) is 3.69. The number of aromatic nitrogens is 2. The zero-order valence-electron chi connectivity index (χ0n) is 14.2. The standard InChI is InChI=1S/C18H21N3O4/c1-13-16(25-12-20-13)17(22)21-6-15-8-24-11-18(15,9-21)10-23-7-14-2-4-19-5-3-14/h2-5,12,15H,6-11H2,1H3/t15-,18-/m1/s1. The van der Waals surface area contributed by atoms with Gasteiger partial charge in [0.15, 0.2) is 6.39 Å². The number of hydrogen-bond acceptors (Lipinski definition) is 6. The fraction of sp³-hybridized carbons (Fsp3) is 0.500. The van der Waals surface area contributed by atoms with Crippen LogP contribution < -0.4 is 0 Å². The molecule has 7 heteroatoms. The molecule has 4 heterocycles. The van der Waals surface area contributed by atoms with Crippen LogP contribution in [0.1, 0.15) is 21.8 Å². The number of carbonyl (C=O) groups is 1. The van der Waals surface area contributed by atoms with Gasteiger partial charge in [-0.05, 0) is 24.6 Å². The van der Waals surface area contributed by atoms with Crippen LogP contribution in [0.15, 0.2) is 35.3 Å². The molecule has 0 aromatic carbocycles. The van der Waals surface area contributed by atoms with Gasteiger partial charge in [0, 0.05) is 36.8 Å². The van der Waals surface area contributed by atoms with E-state index >= 15 is 0 Å². The maximum atomic E-state index is 12.7. The third-order valence-corrected chi connectivity index (χ3v) is 5.16. The summed E-state index contributed by atoms with van der Waals surface area (Å²) in [5.74, 6) is 0.517. The Labute approximate surface area is 146 Å². The van der Waals surface area contributed by atoms with Gasteiger partial charge in [-0.3, -0.25) is 9.78 Å². The highest BCUT2D eigenvalue weighted by atomic mass is 16.5. The average Bonchev–Trinajstić information content (AvgIpc) is 3.29. The molecule has 0 radical (unpaired) electrons. The third-order valence-electron chi connectivity index (χ3n) is 5.16. The first kappa shape index (κ1) is 16.2. The van der Waals surface area contributed by atoms with E-state index in [9.17, 15) is 4.79 Å². The van der Waals surface area contributed by atoms with Crippen LogP contribution in [-0.4, -0.2) is 53.7 Å². The number of ether oxygens (including phenoxy) is 2. The number of aryl methyl sites for hydroxylation is 1. The van der Waals surface area contributed by atoms with Crippen molar-refractivity contribution in [3.05, 3.63) is 47.9 Å². The number of pyridine rings is 1. The largest absolute Gasteiger partial charge is 0.438 e. The zero-order valence-corrected chi connectivity index (χ0v) is 14.2. The highest BCUT2D eigenvalue weighted by molar-refractivity contribution is 5.92. The minimum Gasteiger partial charge on any atom is -0.438 e. The quantitative estimate of drug-likeness (QED) is 0.822. The van der Waals surface area contributed by atoms with E-state index in [0.717, 1.165) is 5.56 Å². The van der Waals surface area contributed by atoms with Crippen LogP contribution in [0.5, 0.6) is 0 Å². The summed E-state index contributed by atoms with van der Waals surface area (Å²) < 4.78 is 16.9. The predicted molar refractivity (Wildman–Crippen MR) is 87.8 cm³/mol. The van der Waals surface area contributed by atoms with Crippen molar-refractivity contribution in [2.45, 2.75) is 13.5 Å². The smallest absolute Gasteiger partial charge is 0.291 e. The van der Waals surface area contributed by atoms with E-state index in [0.29, 0.717) is 51.0 Å². The molecule has 0 unspecified atom stereocenters. The number of hydrogen-bond donors (Lipinski definition) is 0. The Hall–Kier alpha value is -2.25. The lowest BCUT2D eigenvalue weighted by Crippen LogP contribution is -2.37. The van der Waals surface area contributed by atoms with Crippen molar-refractivity contribution >= 4 is 5.91 Å². The Morgan fingerprint density at radius 2 is 2.28 bits per heavy atom. The summed E-state index contributed by atoms with van der Waals surface area (Å²) in [6, 6.07) is 3.88. The van der Waals surface area contributed by atoms with E-state index in [1.54, 1.807) is 19.3 Å². The summed E-state index contributed by atoms with van der Waals surface area (Å²) in [6.45, 7) is 5.45. The summed E-state index contributed by atoms with van der Waals surface area (Å²) in [5, 5.41) is 0. The molecule has 2 atom stereocenters. The van der Waals surface area contributed by atoms with Crippen LogP contribution in [-0.2, 0) is 16.1 Å². The maximum Gasteiger partial charge on any atom is 0.291 e. The maximum absolute atomic E-state index is 12.7. The van der Waals surface area contributed by atoms with Crippen LogP contribution in [0, 0.1) is 18.3 Å². The van der Waals surface area contributed by atoms with Crippen molar-refractivity contribution in [2.75, 3.05) is 32.9 Å². The fourth-order valence-electron chi connectivity index (χ4n) is 3.69. The SMILES string of the molecule is Cc1ncoc1C(=O)N1C[C@@H]2COC[C@]2(COCc2ccncc2)C1. The highest BCUT2D eigenvalue weighted by Crippen LogP contribution is 2.42. The Morgan fingerprint density at radius 1 is 1.44 bits per heavy atom. The average molecular weight is 343 g/mol. The van der Waals surface area contributed by atoms with Crippen molar-refractivity contribution in [2.24, 2.45) is 11.3 Å². The normalized spacial score (nSPS) is 25.3. The molecule has 2 aromatic heterocycles. The molecule has 25 heavy (non-hydrogen) atoms. The number of carbonyl (C=O) groups excluding carboxylic acids is 1. The molecule has 0 aliphatic carbocycles. The van der Waals surface area contributed by atoms with E-state index in [1.807, 2.05) is 17.0 Å². The van der Waals surface area contributed by atoms with Crippen LogP contribution >= 0.6 is 0 Å². The van der Waals surface area contributed by atoms with Gasteiger partial charge in [-0.2, -0.15) is 0 Å². The first-order chi connectivity index (χ1) is 12.2. The van der Waals surface area contributed by atoms with Crippen molar-refractivity contribution < 1.29 is 18.7 Å². The topological polar surface area (TPSA) is 77.7 Å². The van der Waals surface area contributed by atoms with Gasteiger partial charge in [-0.25, -0.2) is 4.98 Å². The molecule has 2 fully saturated rings. The van der Waals surface area contributed by atoms with E-state index in [2.05, 4.69) is 9.97 Å². The minimum absolute atomic E-state index is 0.0992. The monoisotopic (exact) mass is 343 g/mol. The summed E-state index contributed by atoms with van der Waals surface area (Å²) in [5.41, 5.74) is 1.57. The molecule has 2 aliphatic rings. The molecule has 2 saturated heterocycles. The van der Waals surface area contributed by atoms with Gasteiger partial charge < -0.3 is 18.8 Å². The second kappa shape index (κ2) is 6.57. The number of nitrogens with zero attached hydrogens (tertiary/aromatic N) is 3. The molecule has 0 bridgehead atoms. The van der Waals surface area contributed by atoms with Gasteiger partial charge in [0.1, 0.15) is 0 Å². The lowest BCUT2D eigenvalue weighted by molar-refractivity contribution is 0.0183. The minimum atomic E-state index is -0.142. The van der Waals surface area contributed by atoms with Crippen LogP contribution in [0.3, 0.4) is 0 Å². The molecule has 0 N–H and O–H groups in total. The molecule has 1 amide bonds. The zero-order chi connectivity index (χ0) is 17.3. The number of likely N-dealkylation sites (tertiary alicyclic amines) is 1. The van der Waals surface area contributed by atoms with Crippen LogP contribution in [0.4, 0.5) is 0 Å². The van der Waals surface area contributed by atoms with Crippen molar-refractivity contribution in [1.82, 2.24) is 14.9 Å². The number of amides is 1. The number of oxazole rings is 1. The summed E-state index contributed by atoms with van der Waals surface area (Å²) >= 11 is 0. The summed E-state index contributed by atoms with van der Waals surface area (Å²) in [7, 11) is 0. The van der Waals surface area contributed by atoms with Gasteiger partial charge in [-0.1, -0.05) is 0 Å². The molecule has 132 valence electrons. The van der Waals surface area contributed by atoms with Crippen LogP contribution in [0.25, 0.3) is 0 Å². The van der Waals surface area contributed by atoms with Gasteiger partial charge in [0.05, 0.1) is 32.1 Å². The Balaban J connectivity index is 1.42. The Kier molecular flexibility index (Phi) is 4.27. The third kappa shape index (κ3) is 3.05. The first-order valence-corrected chi connectivity index (χ1v) is 8.42. The molecule has 0 saturated carbocycles. The molecule has 2 aromatic rings. The van der Waals surface area contributed by atoms with E-state index in [-0.39, 0.29) is 17.2 Å². The molecular formula is C18H21N3O4. The van der Waals surface area contributed by atoms with Gasteiger partial charge in [-0.15, -0.1) is 0 Å². The van der Waals surface area contributed by atoms with Crippen molar-refractivity contribution in [3.8, 4) is 0 Å². The lowest BCUT2D eigenvalue weighted by Gasteiger charge is -2.26. The second-order valence-electron chi connectivity index (χ2n) is 6.88. The summed E-state index contributed by atoms with van der Waals surface area (Å²) in [6.07, 6.45) is 4.83.